The molecule has 0 bridgehead atoms. The minimum Gasteiger partial charge on any atom is -0.489 e. The first-order chi connectivity index (χ1) is 16.3. The van der Waals surface area contributed by atoms with Crippen LogP contribution in [0.3, 0.4) is 0 Å². The summed E-state index contributed by atoms with van der Waals surface area (Å²) in [5.74, 6) is 2.69. The average Bonchev–Trinajstić information content (AvgIpc) is 3.58. The minimum atomic E-state index is 0.561. The molecule has 1 saturated carbocycles. The Balaban J connectivity index is 1.12. The average molecular weight is 458 g/mol. The van der Waals surface area contributed by atoms with E-state index in [1.54, 1.807) is 0 Å². The maximum absolute atomic E-state index is 5.90. The predicted octanol–water partition coefficient (Wildman–Crippen LogP) is 5.14. The molecule has 1 N–H and O–H groups in total. The maximum Gasteiger partial charge on any atom is 0.180 e. The summed E-state index contributed by atoms with van der Waals surface area (Å²) in [6, 6.07) is 22.4. The first-order valence-electron chi connectivity index (χ1n) is 11.6. The first-order valence-corrected chi connectivity index (χ1v) is 12.4. The van der Waals surface area contributed by atoms with Crippen LogP contribution in [0.2, 0.25) is 0 Å². The van der Waals surface area contributed by atoms with E-state index in [9.17, 15) is 0 Å². The Morgan fingerprint density at radius 1 is 0.879 bits per heavy atom. The summed E-state index contributed by atoms with van der Waals surface area (Å²) in [7, 11) is 0. The molecule has 168 valence electrons. The number of pyridine rings is 1. The van der Waals surface area contributed by atoms with Crippen LogP contribution in [-0.4, -0.2) is 50.7 Å². The predicted molar refractivity (Wildman–Crippen MR) is 134 cm³/mol. The van der Waals surface area contributed by atoms with Crippen LogP contribution in [0, 0.1) is 0 Å². The number of fused-ring (bicyclic) bond motifs is 1. The molecule has 0 unspecified atom stereocenters. The molecule has 33 heavy (non-hydrogen) atoms. The highest BCUT2D eigenvalue weighted by atomic mass is 32.2. The molecule has 2 aromatic carbocycles. The molecular formula is C26H27N5OS. The molecule has 6 nitrogen and oxygen atoms in total. The van der Waals surface area contributed by atoms with Crippen LogP contribution in [0.15, 0.2) is 66.7 Å². The van der Waals surface area contributed by atoms with Gasteiger partial charge in [0.2, 0.25) is 0 Å². The molecule has 2 aromatic heterocycles. The maximum atomic E-state index is 5.90. The zero-order valence-corrected chi connectivity index (χ0v) is 19.3. The number of H-pyrrole nitrogens is 1. The molecule has 0 radical (unpaired) electrons. The Morgan fingerprint density at radius 3 is 2.42 bits per heavy atom. The molecule has 7 heteroatoms. The molecule has 6 rings (SSSR count). The number of imidazole rings is 1. The number of rotatable bonds is 7. The van der Waals surface area contributed by atoms with Crippen LogP contribution in [0.1, 0.15) is 18.4 Å². The summed E-state index contributed by atoms with van der Waals surface area (Å²) in [6.07, 6.45) is 2.77. The van der Waals surface area contributed by atoms with Crippen LogP contribution < -0.4 is 9.64 Å². The van der Waals surface area contributed by atoms with Crippen molar-refractivity contribution in [2.45, 2.75) is 24.7 Å². The van der Waals surface area contributed by atoms with E-state index in [0.29, 0.717) is 6.61 Å². The van der Waals surface area contributed by atoms with Gasteiger partial charge in [-0.3, -0.25) is 0 Å². The summed E-state index contributed by atoms with van der Waals surface area (Å²) < 4.78 is 8.42. The quantitative estimate of drug-likeness (QED) is 0.388. The van der Waals surface area contributed by atoms with Crippen LogP contribution in [0.5, 0.6) is 5.75 Å². The van der Waals surface area contributed by atoms with Crippen LogP contribution >= 0.6 is 11.9 Å². The zero-order valence-electron chi connectivity index (χ0n) is 18.5. The third-order valence-corrected chi connectivity index (χ3v) is 7.53. The van der Waals surface area contributed by atoms with Crippen molar-refractivity contribution in [1.29, 1.82) is 0 Å². The lowest BCUT2D eigenvalue weighted by Crippen LogP contribution is -2.44. The van der Waals surface area contributed by atoms with E-state index in [4.69, 9.17) is 14.7 Å². The molecule has 1 aliphatic heterocycles. The number of aromatic amines is 1. The van der Waals surface area contributed by atoms with E-state index in [-0.39, 0.29) is 0 Å². The number of nitrogens with zero attached hydrogens (tertiary/aromatic N) is 4. The second-order valence-electron chi connectivity index (χ2n) is 8.65. The lowest BCUT2D eigenvalue weighted by Gasteiger charge is -2.34. The molecule has 0 atom stereocenters. The Kier molecular flexibility index (Phi) is 5.66. The van der Waals surface area contributed by atoms with Gasteiger partial charge in [0, 0.05) is 37.0 Å². The lowest BCUT2D eigenvalue weighted by atomic mass is 10.2. The molecule has 4 aromatic rings. The van der Waals surface area contributed by atoms with Gasteiger partial charge in [-0.25, -0.2) is 14.3 Å². The number of hydrogen-bond donors (Lipinski definition) is 1. The van der Waals surface area contributed by atoms with Crippen molar-refractivity contribution in [3.8, 4) is 17.1 Å². The SMILES string of the molecule is c1ccc(COc2ccc(-c3nc4nc(N5CCN(SC6CC6)CC5)ccc4[nH]3)cc2)cc1. The van der Waals surface area contributed by atoms with Gasteiger partial charge in [0.15, 0.2) is 5.65 Å². The largest absolute Gasteiger partial charge is 0.489 e. The highest BCUT2D eigenvalue weighted by molar-refractivity contribution is 7.97. The Bertz CT molecular complexity index is 1210. The lowest BCUT2D eigenvalue weighted by molar-refractivity contribution is 0.306. The standard InChI is InChI=1S/C26H27N5OS/c1-2-4-19(5-3-1)18-32-21-8-6-20(7-9-21)25-27-23-12-13-24(28-26(23)29-25)30-14-16-31(17-15-30)33-22-10-11-22/h1-9,12-13,22H,10-11,14-18H2,(H,27,28,29). The monoisotopic (exact) mass is 457 g/mol. The Labute approximate surface area is 198 Å². The van der Waals surface area contributed by atoms with Crippen molar-refractivity contribution in [3.05, 3.63) is 72.3 Å². The molecule has 0 spiro atoms. The minimum absolute atomic E-state index is 0.561. The van der Waals surface area contributed by atoms with Crippen molar-refractivity contribution in [1.82, 2.24) is 19.3 Å². The fourth-order valence-electron chi connectivity index (χ4n) is 4.05. The van der Waals surface area contributed by atoms with E-state index in [0.717, 1.165) is 71.1 Å². The van der Waals surface area contributed by atoms with Crippen molar-refractivity contribution in [2.24, 2.45) is 0 Å². The van der Waals surface area contributed by atoms with Gasteiger partial charge in [-0.15, -0.1) is 0 Å². The third-order valence-electron chi connectivity index (χ3n) is 6.09. The van der Waals surface area contributed by atoms with Crippen LogP contribution in [-0.2, 0) is 6.61 Å². The van der Waals surface area contributed by atoms with Crippen molar-refractivity contribution in [3.63, 3.8) is 0 Å². The second-order valence-corrected chi connectivity index (χ2v) is 10.0. The number of piperazine rings is 1. The second kappa shape index (κ2) is 9.08. The van der Waals surface area contributed by atoms with Gasteiger partial charge in [-0.05, 0) is 54.8 Å². The normalized spacial score (nSPS) is 16.9. The number of aromatic nitrogens is 3. The molecule has 1 aliphatic carbocycles. The first kappa shape index (κ1) is 20.6. The summed E-state index contributed by atoms with van der Waals surface area (Å²) in [5.41, 5.74) is 3.90. The zero-order chi connectivity index (χ0) is 22.0. The highest BCUT2D eigenvalue weighted by Gasteiger charge is 2.27. The topological polar surface area (TPSA) is 57.3 Å². The van der Waals surface area contributed by atoms with Crippen LogP contribution in [0.4, 0.5) is 5.82 Å². The summed E-state index contributed by atoms with van der Waals surface area (Å²) in [4.78, 5) is 15.4. The van der Waals surface area contributed by atoms with E-state index < -0.39 is 0 Å². The van der Waals surface area contributed by atoms with E-state index in [1.807, 2.05) is 54.4 Å². The number of nitrogens with one attached hydrogen (secondary N) is 1. The van der Waals surface area contributed by atoms with Gasteiger partial charge >= 0.3 is 0 Å². The third kappa shape index (κ3) is 4.84. The summed E-state index contributed by atoms with van der Waals surface area (Å²) >= 11 is 2.05. The highest BCUT2D eigenvalue weighted by Crippen LogP contribution is 2.36. The van der Waals surface area contributed by atoms with Gasteiger partial charge < -0.3 is 14.6 Å². The molecule has 3 heterocycles. The smallest absolute Gasteiger partial charge is 0.180 e. The van der Waals surface area contributed by atoms with E-state index >= 15 is 0 Å². The Morgan fingerprint density at radius 2 is 1.67 bits per heavy atom. The van der Waals surface area contributed by atoms with Crippen molar-refractivity contribution < 1.29 is 4.74 Å². The molecule has 1 saturated heterocycles. The fraction of sp³-hybridized carbons (Fsp3) is 0.308. The van der Waals surface area contributed by atoms with Gasteiger partial charge in [0.1, 0.15) is 24.0 Å². The molecule has 0 amide bonds. The number of anilines is 1. The van der Waals surface area contributed by atoms with Gasteiger partial charge in [-0.1, -0.05) is 42.3 Å². The van der Waals surface area contributed by atoms with Gasteiger partial charge in [-0.2, -0.15) is 0 Å². The van der Waals surface area contributed by atoms with Gasteiger partial charge in [0.25, 0.3) is 0 Å². The number of ether oxygens (including phenoxy) is 1. The number of benzene rings is 2. The summed E-state index contributed by atoms with van der Waals surface area (Å²) in [6.45, 7) is 4.77. The van der Waals surface area contributed by atoms with Gasteiger partial charge in [0.05, 0.1) is 5.52 Å². The Hall–Kier alpha value is -3.03. The fourth-order valence-corrected chi connectivity index (χ4v) is 5.19. The number of hydrogen-bond acceptors (Lipinski definition) is 6. The van der Waals surface area contributed by atoms with Crippen LogP contribution in [0.25, 0.3) is 22.6 Å². The van der Waals surface area contributed by atoms with E-state index in [2.05, 4.69) is 38.5 Å². The summed E-state index contributed by atoms with van der Waals surface area (Å²) in [5, 5.41) is 0.873. The van der Waals surface area contributed by atoms with Crippen molar-refractivity contribution >= 4 is 28.9 Å². The molecular weight excluding hydrogens is 430 g/mol. The van der Waals surface area contributed by atoms with E-state index in [1.165, 1.54) is 12.8 Å². The van der Waals surface area contributed by atoms with Crippen molar-refractivity contribution in [2.75, 3.05) is 31.1 Å². The molecule has 2 aliphatic rings. The molecule has 2 fully saturated rings.